The second kappa shape index (κ2) is 11.7. The van der Waals surface area contributed by atoms with Crippen LogP contribution in [0.15, 0.2) is 54.6 Å². The molecule has 0 aliphatic rings. The first kappa shape index (κ1) is 23.9. The highest BCUT2D eigenvalue weighted by Crippen LogP contribution is 2.09. The van der Waals surface area contributed by atoms with Crippen molar-refractivity contribution < 1.29 is 23.9 Å². The second-order valence-corrected chi connectivity index (χ2v) is 7.70. The summed E-state index contributed by atoms with van der Waals surface area (Å²) in [5.74, 6) is -1.25. The summed E-state index contributed by atoms with van der Waals surface area (Å²) in [7, 11) is 1.27. The van der Waals surface area contributed by atoms with E-state index >= 15 is 0 Å². The van der Waals surface area contributed by atoms with Gasteiger partial charge in [0, 0.05) is 6.42 Å². The Labute approximate surface area is 183 Å². The Hall–Kier alpha value is -3.35. The molecule has 2 atom stereocenters. The summed E-state index contributed by atoms with van der Waals surface area (Å²) in [5.41, 5.74) is 2.82. The molecule has 0 aliphatic heterocycles. The van der Waals surface area contributed by atoms with Gasteiger partial charge in [0.2, 0.25) is 5.91 Å². The fourth-order valence-electron chi connectivity index (χ4n) is 2.98. The number of esters is 1. The van der Waals surface area contributed by atoms with Crippen molar-refractivity contribution in [3.8, 4) is 0 Å². The van der Waals surface area contributed by atoms with E-state index < -0.39 is 30.1 Å². The summed E-state index contributed by atoms with van der Waals surface area (Å²) in [5, 5.41) is 5.30. The number of hydrogen-bond donors (Lipinski definition) is 2. The summed E-state index contributed by atoms with van der Waals surface area (Å²) in [6.07, 6.45) is -0.423. The van der Waals surface area contributed by atoms with Crippen LogP contribution in [0.5, 0.6) is 0 Å². The molecule has 0 unspecified atom stereocenters. The summed E-state index contributed by atoms with van der Waals surface area (Å²) in [6, 6.07) is 15.2. The Morgan fingerprint density at radius 1 is 0.903 bits per heavy atom. The van der Waals surface area contributed by atoms with Crippen molar-refractivity contribution in [3.05, 3.63) is 71.3 Å². The largest absolute Gasteiger partial charge is 0.467 e. The number of methoxy groups -OCH3 is 1. The lowest BCUT2D eigenvalue weighted by Gasteiger charge is -2.24. The molecule has 2 aromatic carbocycles. The van der Waals surface area contributed by atoms with E-state index in [1.807, 2.05) is 61.5 Å². The van der Waals surface area contributed by atoms with Gasteiger partial charge in [0.1, 0.15) is 18.7 Å². The molecule has 7 heteroatoms. The Morgan fingerprint density at radius 2 is 1.55 bits per heavy atom. The molecule has 7 nitrogen and oxygen atoms in total. The maximum Gasteiger partial charge on any atom is 0.408 e. The third-order valence-electron chi connectivity index (χ3n) is 4.80. The molecule has 0 spiro atoms. The summed E-state index contributed by atoms with van der Waals surface area (Å²) in [6.45, 7) is 5.67. The first-order valence-corrected chi connectivity index (χ1v) is 10.2. The zero-order chi connectivity index (χ0) is 22.8. The van der Waals surface area contributed by atoms with Crippen molar-refractivity contribution in [2.24, 2.45) is 5.92 Å². The zero-order valence-corrected chi connectivity index (χ0v) is 18.4. The van der Waals surface area contributed by atoms with E-state index in [9.17, 15) is 14.4 Å². The predicted octanol–water partition coefficient (Wildman–Crippen LogP) is 3.15. The Balaban J connectivity index is 2.00. The van der Waals surface area contributed by atoms with Gasteiger partial charge in [0.15, 0.2) is 0 Å². The molecule has 0 fully saturated rings. The number of rotatable bonds is 9. The molecule has 0 aromatic heterocycles. The van der Waals surface area contributed by atoms with E-state index in [0.29, 0.717) is 0 Å². The fraction of sp³-hybridized carbons (Fsp3) is 0.375. The highest BCUT2D eigenvalue weighted by Gasteiger charge is 2.29. The molecule has 0 saturated heterocycles. The van der Waals surface area contributed by atoms with Crippen LogP contribution in [-0.2, 0) is 32.1 Å². The number of benzene rings is 2. The standard InChI is InChI=1S/C24H30N2O5/c1-16(2)21(26-24(29)31-15-19-8-6-5-7-9-19)22(27)25-20(23(28)30-4)14-18-12-10-17(3)11-13-18/h5-13,16,20-21H,14-15H2,1-4H3,(H,25,27)(H,26,29)/t20-,21-/m1/s1. The number of aryl methyl sites for hydroxylation is 1. The molecule has 31 heavy (non-hydrogen) atoms. The molecule has 2 amide bonds. The molecular formula is C24H30N2O5. The quantitative estimate of drug-likeness (QED) is 0.601. The van der Waals surface area contributed by atoms with E-state index in [2.05, 4.69) is 10.6 Å². The van der Waals surface area contributed by atoms with Crippen molar-refractivity contribution in [2.45, 2.75) is 45.9 Å². The number of alkyl carbamates (subject to hydrolysis) is 1. The van der Waals surface area contributed by atoms with Gasteiger partial charge in [0.05, 0.1) is 7.11 Å². The van der Waals surface area contributed by atoms with Crippen LogP contribution in [0.3, 0.4) is 0 Å². The number of amides is 2. The van der Waals surface area contributed by atoms with Gasteiger partial charge in [-0.15, -0.1) is 0 Å². The average Bonchev–Trinajstić information content (AvgIpc) is 2.76. The van der Waals surface area contributed by atoms with Crippen LogP contribution in [0.2, 0.25) is 0 Å². The minimum atomic E-state index is -0.872. The normalized spacial score (nSPS) is 12.5. The molecule has 2 rings (SSSR count). The lowest BCUT2D eigenvalue weighted by atomic mass is 10.0. The number of nitrogens with one attached hydrogen (secondary N) is 2. The molecule has 166 valence electrons. The van der Waals surface area contributed by atoms with Crippen LogP contribution in [-0.4, -0.2) is 37.2 Å². The zero-order valence-electron chi connectivity index (χ0n) is 18.4. The fourth-order valence-corrected chi connectivity index (χ4v) is 2.98. The van der Waals surface area contributed by atoms with E-state index in [0.717, 1.165) is 16.7 Å². The van der Waals surface area contributed by atoms with Crippen LogP contribution < -0.4 is 10.6 Å². The monoisotopic (exact) mass is 426 g/mol. The van der Waals surface area contributed by atoms with Gasteiger partial charge in [-0.2, -0.15) is 0 Å². The first-order valence-electron chi connectivity index (χ1n) is 10.2. The van der Waals surface area contributed by atoms with Crippen molar-refractivity contribution >= 4 is 18.0 Å². The van der Waals surface area contributed by atoms with Gasteiger partial charge in [-0.3, -0.25) is 4.79 Å². The third kappa shape index (κ3) is 7.77. The van der Waals surface area contributed by atoms with Crippen molar-refractivity contribution in [2.75, 3.05) is 7.11 Å². The predicted molar refractivity (Wildman–Crippen MR) is 117 cm³/mol. The minimum absolute atomic E-state index is 0.0946. The summed E-state index contributed by atoms with van der Waals surface area (Å²) in [4.78, 5) is 37.4. The molecule has 0 bridgehead atoms. The smallest absolute Gasteiger partial charge is 0.408 e. The second-order valence-electron chi connectivity index (χ2n) is 7.70. The van der Waals surface area contributed by atoms with Crippen molar-refractivity contribution in [3.63, 3.8) is 0 Å². The Kier molecular flexibility index (Phi) is 9.06. The van der Waals surface area contributed by atoms with E-state index in [1.165, 1.54) is 7.11 Å². The van der Waals surface area contributed by atoms with Gasteiger partial charge >= 0.3 is 12.1 Å². The van der Waals surface area contributed by atoms with Gasteiger partial charge in [-0.05, 0) is 24.0 Å². The maximum absolute atomic E-state index is 12.9. The van der Waals surface area contributed by atoms with E-state index in [-0.39, 0.29) is 18.9 Å². The summed E-state index contributed by atoms with van der Waals surface area (Å²) >= 11 is 0. The lowest BCUT2D eigenvalue weighted by molar-refractivity contribution is -0.145. The Bertz CT molecular complexity index is 865. The van der Waals surface area contributed by atoms with Gasteiger partial charge in [-0.25, -0.2) is 9.59 Å². The van der Waals surface area contributed by atoms with Gasteiger partial charge < -0.3 is 20.1 Å². The molecule has 2 aromatic rings. The maximum atomic E-state index is 12.9. The van der Waals surface area contributed by atoms with Crippen molar-refractivity contribution in [1.82, 2.24) is 10.6 Å². The van der Waals surface area contributed by atoms with Crippen LogP contribution in [0.25, 0.3) is 0 Å². The van der Waals surface area contributed by atoms with Crippen LogP contribution in [0.1, 0.15) is 30.5 Å². The SMILES string of the molecule is COC(=O)[C@@H](Cc1ccc(C)cc1)NC(=O)[C@H](NC(=O)OCc1ccccc1)C(C)C. The number of carbonyl (C=O) groups excluding carboxylic acids is 3. The average molecular weight is 427 g/mol. The highest BCUT2D eigenvalue weighted by atomic mass is 16.5. The summed E-state index contributed by atoms with van der Waals surface area (Å²) < 4.78 is 10.1. The van der Waals surface area contributed by atoms with Crippen LogP contribution in [0.4, 0.5) is 4.79 Å². The molecule has 0 heterocycles. The van der Waals surface area contributed by atoms with Gasteiger partial charge in [0.25, 0.3) is 0 Å². The van der Waals surface area contributed by atoms with Crippen LogP contribution >= 0.6 is 0 Å². The molecule has 0 radical (unpaired) electrons. The number of ether oxygens (including phenoxy) is 2. The molecule has 2 N–H and O–H groups in total. The first-order chi connectivity index (χ1) is 14.8. The van der Waals surface area contributed by atoms with Gasteiger partial charge in [-0.1, -0.05) is 74.0 Å². The Morgan fingerprint density at radius 3 is 2.13 bits per heavy atom. The van der Waals surface area contributed by atoms with Crippen molar-refractivity contribution in [1.29, 1.82) is 0 Å². The topological polar surface area (TPSA) is 93.7 Å². The minimum Gasteiger partial charge on any atom is -0.467 e. The number of carbonyl (C=O) groups is 3. The highest BCUT2D eigenvalue weighted by molar-refractivity contribution is 5.90. The van der Waals surface area contributed by atoms with E-state index in [1.54, 1.807) is 13.8 Å². The third-order valence-corrected chi connectivity index (χ3v) is 4.80. The lowest BCUT2D eigenvalue weighted by Crippen LogP contribution is -2.54. The molecule has 0 aliphatic carbocycles. The molecular weight excluding hydrogens is 396 g/mol. The van der Waals surface area contributed by atoms with Crippen LogP contribution in [0, 0.1) is 12.8 Å². The molecule has 0 saturated carbocycles. The number of hydrogen-bond acceptors (Lipinski definition) is 5. The van der Waals surface area contributed by atoms with E-state index in [4.69, 9.17) is 9.47 Å².